The third-order valence-electron chi connectivity index (χ3n) is 4.22. The number of amides is 1. The van der Waals surface area contributed by atoms with Gasteiger partial charge in [-0.2, -0.15) is 4.98 Å². The summed E-state index contributed by atoms with van der Waals surface area (Å²) in [6.07, 6.45) is 0.966. The van der Waals surface area contributed by atoms with Gasteiger partial charge in [0.1, 0.15) is 11.6 Å². The quantitative estimate of drug-likeness (QED) is 0.875. The number of H-pyrrole nitrogens is 1. The summed E-state index contributed by atoms with van der Waals surface area (Å²) in [5.41, 5.74) is 0.167. The number of nitrogens with zero attached hydrogens (tertiary/aromatic N) is 2. The van der Waals surface area contributed by atoms with Gasteiger partial charge in [-0.15, -0.1) is 0 Å². The van der Waals surface area contributed by atoms with Crippen LogP contribution in [0.3, 0.4) is 0 Å². The number of pyridine rings is 1. The first-order chi connectivity index (χ1) is 11.7. The van der Waals surface area contributed by atoms with Gasteiger partial charge >= 0.3 is 0 Å². The molecular formula is C17H20N4O4. The van der Waals surface area contributed by atoms with E-state index in [0.29, 0.717) is 29.9 Å². The van der Waals surface area contributed by atoms with Gasteiger partial charge in [-0.3, -0.25) is 14.4 Å². The summed E-state index contributed by atoms with van der Waals surface area (Å²) < 4.78 is 5.01. The van der Waals surface area contributed by atoms with Crippen molar-refractivity contribution in [1.82, 2.24) is 20.4 Å². The van der Waals surface area contributed by atoms with Crippen LogP contribution in [0.4, 0.5) is 0 Å². The predicted molar refractivity (Wildman–Crippen MR) is 88.4 cm³/mol. The highest BCUT2D eigenvalue weighted by atomic mass is 16.5. The van der Waals surface area contributed by atoms with Crippen LogP contribution in [0.1, 0.15) is 71.4 Å². The number of aromatic amines is 1. The third kappa shape index (κ3) is 3.38. The molecule has 2 aromatic heterocycles. The van der Waals surface area contributed by atoms with Gasteiger partial charge in [-0.1, -0.05) is 19.0 Å². The predicted octanol–water partition coefficient (Wildman–Crippen LogP) is 1.71. The Labute approximate surface area is 144 Å². The molecule has 25 heavy (non-hydrogen) atoms. The maximum Gasteiger partial charge on any atom is 0.261 e. The summed E-state index contributed by atoms with van der Waals surface area (Å²) in [6, 6.07) is 0.825. The summed E-state index contributed by atoms with van der Waals surface area (Å²) in [7, 11) is 0. The highest BCUT2D eigenvalue weighted by Crippen LogP contribution is 2.33. The van der Waals surface area contributed by atoms with E-state index in [-0.39, 0.29) is 22.7 Å². The number of hydrogen-bond acceptors (Lipinski definition) is 6. The van der Waals surface area contributed by atoms with E-state index in [1.165, 1.54) is 6.07 Å². The van der Waals surface area contributed by atoms with Crippen molar-refractivity contribution in [3.8, 4) is 0 Å². The van der Waals surface area contributed by atoms with E-state index in [1.54, 1.807) is 13.8 Å². The summed E-state index contributed by atoms with van der Waals surface area (Å²) in [5.74, 6) is 0.0381. The highest BCUT2D eigenvalue weighted by Gasteiger charge is 2.33. The van der Waals surface area contributed by atoms with Crippen molar-refractivity contribution in [3.63, 3.8) is 0 Å². The lowest BCUT2D eigenvalue weighted by atomic mass is 9.75. The molecule has 8 heteroatoms. The zero-order valence-electron chi connectivity index (χ0n) is 14.6. The Balaban J connectivity index is 1.88. The van der Waals surface area contributed by atoms with Crippen LogP contribution in [0.25, 0.3) is 0 Å². The zero-order chi connectivity index (χ0) is 18.4. The van der Waals surface area contributed by atoms with E-state index < -0.39 is 17.5 Å². The Morgan fingerprint density at radius 1 is 1.36 bits per heavy atom. The molecule has 0 radical (unpaired) electrons. The summed E-state index contributed by atoms with van der Waals surface area (Å²) in [6.45, 7) is 7.29. The minimum Gasteiger partial charge on any atom is -0.340 e. The molecule has 1 amide bonds. The minimum atomic E-state index is -0.593. The lowest BCUT2D eigenvalue weighted by Gasteiger charge is -2.29. The van der Waals surface area contributed by atoms with Gasteiger partial charge in [0.15, 0.2) is 11.6 Å². The molecule has 0 aliphatic heterocycles. The molecule has 2 N–H and O–H groups in total. The second-order valence-electron chi connectivity index (χ2n) is 7.22. The molecule has 3 rings (SSSR count). The molecule has 0 saturated carbocycles. The summed E-state index contributed by atoms with van der Waals surface area (Å²) in [4.78, 5) is 43.8. The number of fused-ring (bicyclic) bond motifs is 1. The fraction of sp³-hybridized carbons (Fsp3) is 0.471. The van der Waals surface area contributed by atoms with Gasteiger partial charge in [0.05, 0.1) is 0 Å². The number of Topliss-reactive ketones (excluding diaryl/α,β-unsaturated/α-hetero) is 1. The SMILES string of the molecule is Cc1noc([C@H](C)NC(=O)c2cc3c([nH]c2=O)CC(C)(C)CC3=O)n1. The average molecular weight is 344 g/mol. The molecule has 0 spiro atoms. The molecule has 8 nitrogen and oxygen atoms in total. The van der Waals surface area contributed by atoms with Gasteiger partial charge in [-0.25, -0.2) is 0 Å². The van der Waals surface area contributed by atoms with Crippen molar-refractivity contribution in [2.24, 2.45) is 5.41 Å². The van der Waals surface area contributed by atoms with Crippen LogP contribution in [0.2, 0.25) is 0 Å². The van der Waals surface area contributed by atoms with Crippen LogP contribution >= 0.6 is 0 Å². The summed E-state index contributed by atoms with van der Waals surface area (Å²) >= 11 is 0. The van der Waals surface area contributed by atoms with Gasteiger partial charge in [0.25, 0.3) is 11.5 Å². The number of rotatable bonds is 3. The molecule has 1 atom stereocenters. The molecule has 2 heterocycles. The van der Waals surface area contributed by atoms with Crippen molar-refractivity contribution >= 4 is 11.7 Å². The smallest absolute Gasteiger partial charge is 0.261 e. The van der Waals surface area contributed by atoms with Gasteiger partial charge in [0.2, 0.25) is 5.89 Å². The van der Waals surface area contributed by atoms with Crippen molar-refractivity contribution < 1.29 is 14.1 Å². The second kappa shape index (κ2) is 5.94. The fourth-order valence-corrected chi connectivity index (χ4v) is 3.02. The molecule has 0 unspecified atom stereocenters. The Bertz CT molecular complexity index is 910. The number of aryl methyl sites for hydroxylation is 1. The molecular weight excluding hydrogens is 324 g/mol. The number of carbonyl (C=O) groups is 2. The van der Waals surface area contributed by atoms with E-state index in [0.717, 1.165) is 0 Å². The average Bonchev–Trinajstić information content (AvgIpc) is 2.91. The first kappa shape index (κ1) is 17.1. The van der Waals surface area contributed by atoms with Crippen molar-refractivity contribution in [3.05, 3.63) is 45.0 Å². The normalized spacial score (nSPS) is 17.0. The van der Waals surface area contributed by atoms with Crippen molar-refractivity contribution in [2.75, 3.05) is 0 Å². The van der Waals surface area contributed by atoms with E-state index in [4.69, 9.17) is 4.52 Å². The topological polar surface area (TPSA) is 118 Å². The van der Waals surface area contributed by atoms with Crippen LogP contribution in [0.15, 0.2) is 15.4 Å². The Kier molecular flexibility index (Phi) is 4.06. The van der Waals surface area contributed by atoms with Crippen LogP contribution in [0, 0.1) is 12.3 Å². The van der Waals surface area contributed by atoms with Crippen molar-refractivity contribution in [1.29, 1.82) is 0 Å². The fourth-order valence-electron chi connectivity index (χ4n) is 3.02. The monoisotopic (exact) mass is 344 g/mol. The number of ketones is 1. The van der Waals surface area contributed by atoms with Gasteiger partial charge in [0, 0.05) is 17.7 Å². The molecule has 0 bridgehead atoms. The molecule has 1 aliphatic carbocycles. The number of hydrogen-bond donors (Lipinski definition) is 2. The molecule has 1 aliphatic rings. The van der Waals surface area contributed by atoms with Crippen LogP contribution in [0.5, 0.6) is 0 Å². The van der Waals surface area contributed by atoms with Gasteiger partial charge < -0.3 is 14.8 Å². The van der Waals surface area contributed by atoms with Gasteiger partial charge in [-0.05, 0) is 31.7 Å². The molecule has 0 aromatic carbocycles. The molecule has 0 saturated heterocycles. The Hall–Kier alpha value is -2.77. The highest BCUT2D eigenvalue weighted by molar-refractivity contribution is 6.02. The van der Waals surface area contributed by atoms with Crippen LogP contribution < -0.4 is 10.9 Å². The number of carbonyl (C=O) groups excluding carboxylic acids is 2. The standard InChI is InChI=1S/C17H20N4O4/c1-8(16-19-9(2)21-25-16)18-14(23)11-5-10-12(20-15(11)24)6-17(3,4)7-13(10)22/h5,8H,6-7H2,1-4H3,(H,18,23)(H,20,24)/t8-/m0/s1. The Morgan fingerprint density at radius 3 is 2.72 bits per heavy atom. The van der Waals surface area contributed by atoms with E-state index in [2.05, 4.69) is 20.4 Å². The maximum absolute atomic E-state index is 12.4. The van der Waals surface area contributed by atoms with Crippen LogP contribution in [-0.4, -0.2) is 26.8 Å². The van der Waals surface area contributed by atoms with E-state index >= 15 is 0 Å². The summed E-state index contributed by atoms with van der Waals surface area (Å²) in [5, 5.41) is 6.30. The molecule has 0 fully saturated rings. The number of aromatic nitrogens is 3. The lowest BCUT2D eigenvalue weighted by molar-refractivity contribution is 0.0910. The second-order valence-corrected chi connectivity index (χ2v) is 7.22. The number of nitrogens with one attached hydrogen (secondary N) is 2. The lowest BCUT2D eigenvalue weighted by Crippen LogP contribution is -2.35. The first-order valence-corrected chi connectivity index (χ1v) is 8.07. The van der Waals surface area contributed by atoms with Crippen molar-refractivity contribution in [2.45, 2.75) is 46.6 Å². The minimum absolute atomic E-state index is 0.0721. The molecule has 2 aromatic rings. The van der Waals surface area contributed by atoms with E-state index in [9.17, 15) is 14.4 Å². The third-order valence-corrected chi connectivity index (χ3v) is 4.22. The van der Waals surface area contributed by atoms with Crippen LogP contribution in [-0.2, 0) is 6.42 Å². The zero-order valence-corrected chi connectivity index (χ0v) is 14.6. The first-order valence-electron chi connectivity index (χ1n) is 8.07. The Morgan fingerprint density at radius 2 is 2.08 bits per heavy atom. The molecule has 132 valence electrons. The maximum atomic E-state index is 12.4. The van der Waals surface area contributed by atoms with E-state index in [1.807, 2.05) is 13.8 Å². The largest absolute Gasteiger partial charge is 0.340 e.